The zero-order valence-corrected chi connectivity index (χ0v) is 19.8. The summed E-state index contributed by atoms with van der Waals surface area (Å²) in [5.74, 6) is 0.785. The molecule has 0 amide bonds. The highest BCUT2D eigenvalue weighted by Gasteiger charge is 2.22. The van der Waals surface area contributed by atoms with Crippen molar-refractivity contribution in [3.8, 4) is 23.1 Å². The molecule has 34 heavy (non-hydrogen) atoms. The summed E-state index contributed by atoms with van der Waals surface area (Å²) < 4.78 is 20.3. The minimum absolute atomic E-state index is 0.0307. The molecule has 0 spiro atoms. The van der Waals surface area contributed by atoms with E-state index in [9.17, 15) is 9.15 Å². The zero-order valence-electron chi connectivity index (χ0n) is 18.2. The van der Waals surface area contributed by atoms with Gasteiger partial charge in [-0.05, 0) is 65.9 Å². The molecule has 2 aromatic carbocycles. The second-order valence-electron chi connectivity index (χ2n) is 7.56. The van der Waals surface area contributed by atoms with Crippen LogP contribution in [0.1, 0.15) is 23.1 Å². The van der Waals surface area contributed by atoms with Crippen molar-refractivity contribution in [1.29, 1.82) is 5.26 Å². The molecule has 2 heterocycles. The maximum absolute atomic E-state index is 13.8. The predicted molar refractivity (Wildman–Crippen MR) is 131 cm³/mol. The summed E-state index contributed by atoms with van der Waals surface area (Å²) in [5.41, 5.74) is 5.73. The van der Waals surface area contributed by atoms with E-state index in [4.69, 9.17) is 4.74 Å². The number of ether oxygens (including phenoxy) is 1. The van der Waals surface area contributed by atoms with E-state index in [1.165, 1.54) is 22.9 Å². The van der Waals surface area contributed by atoms with Crippen molar-refractivity contribution in [1.82, 2.24) is 19.2 Å². The lowest BCUT2D eigenvalue weighted by atomic mass is 9.98. The summed E-state index contributed by atoms with van der Waals surface area (Å²) in [5, 5.41) is 17.3. The number of halogens is 1. The van der Waals surface area contributed by atoms with E-state index < -0.39 is 0 Å². The van der Waals surface area contributed by atoms with Gasteiger partial charge in [-0.1, -0.05) is 24.3 Å². The molecule has 0 saturated heterocycles. The molecule has 2 aromatic heterocycles. The Morgan fingerprint density at radius 3 is 2.88 bits per heavy atom. The Bertz CT molecular complexity index is 1400. The summed E-state index contributed by atoms with van der Waals surface area (Å²) >= 11 is 1.19. The average molecular weight is 491 g/mol. The van der Waals surface area contributed by atoms with Gasteiger partial charge < -0.3 is 10.1 Å². The van der Waals surface area contributed by atoms with E-state index in [2.05, 4.69) is 38.6 Å². The normalized spacial score (nSPS) is 12.3. The van der Waals surface area contributed by atoms with Crippen LogP contribution in [0.2, 0.25) is 0 Å². The van der Waals surface area contributed by atoms with Crippen LogP contribution in [0.15, 0.2) is 64.8 Å². The molecule has 0 saturated carbocycles. The first-order valence-electron chi connectivity index (χ1n) is 10.6. The van der Waals surface area contributed by atoms with Crippen molar-refractivity contribution in [3.05, 3.63) is 71.4 Å². The predicted octanol–water partition coefficient (Wildman–Crippen LogP) is 5.98. The fourth-order valence-corrected chi connectivity index (χ4v) is 5.18. The molecular weight excluding hydrogens is 471 g/mol. The lowest BCUT2D eigenvalue weighted by Gasteiger charge is -2.16. The van der Waals surface area contributed by atoms with Gasteiger partial charge in [-0.15, -0.1) is 13.1 Å². The highest BCUT2D eigenvalue weighted by Crippen LogP contribution is 2.40. The summed E-state index contributed by atoms with van der Waals surface area (Å²) in [6, 6.07) is 17.3. The van der Waals surface area contributed by atoms with Crippen LogP contribution >= 0.6 is 24.1 Å². The van der Waals surface area contributed by atoms with Crippen molar-refractivity contribution in [2.45, 2.75) is 29.3 Å². The van der Waals surface area contributed by atoms with Crippen molar-refractivity contribution in [3.63, 3.8) is 0 Å². The van der Waals surface area contributed by atoms with E-state index in [1.807, 2.05) is 24.3 Å². The monoisotopic (exact) mass is 490 g/mol. The smallest absolute Gasteiger partial charge is 0.239 e. The lowest BCUT2D eigenvalue weighted by Crippen LogP contribution is -2.03. The van der Waals surface area contributed by atoms with Crippen LogP contribution in [0, 0.1) is 11.3 Å². The van der Waals surface area contributed by atoms with Crippen LogP contribution in [0.3, 0.4) is 0 Å². The van der Waals surface area contributed by atoms with Gasteiger partial charge in [0, 0.05) is 22.7 Å². The minimum Gasteiger partial charge on any atom is -0.481 e. The second kappa shape index (κ2) is 9.75. The first kappa shape index (κ1) is 22.3. The Balaban J connectivity index is 1.54. The number of hydrogen-bond donors (Lipinski definition) is 1. The number of nitrogens with one attached hydrogen (secondary N) is 1. The molecule has 4 aromatic rings. The Hall–Kier alpha value is -3.55. The van der Waals surface area contributed by atoms with Crippen LogP contribution in [0.4, 0.5) is 15.5 Å². The number of pyridine rings is 1. The Morgan fingerprint density at radius 1 is 1.18 bits per heavy atom. The molecule has 0 aliphatic heterocycles. The number of hydrogen-bond acceptors (Lipinski definition) is 8. The number of rotatable bonds is 7. The third kappa shape index (κ3) is 4.32. The molecule has 170 valence electrons. The third-order valence-corrected chi connectivity index (χ3v) is 6.92. The van der Waals surface area contributed by atoms with E-state index in [0.29, 0.717) is 21.5 Å². The summed E-state index contributed by atoms with van der Waals surface area (Å²) in [7, 11) is 1.58. The number of aryl methyl sites for hydroxylation is 1. The van der Waals surface area contributed by atoms with Gasteiger partial charge in [0.1, 0.15) is 6.07 Å². The molecule has 1 N–H and O–H groups in total. The van der Waals surface area contributed by atoms with Gasteiger partial charge in [-0.3, -0.25) is 0 Å². The lowest BCUT2D eigenvalue weighted by molar-refractivity contribution is 0.398. The highest BCUT2D eigenvalue weighted by molar-refractivity contribution is 7.99. The molecule has 0 radical (unpaired) electrons. The number of anilines is 2. The molecule has 1 aliphatic rings. The Kier molecular flexibility index (Phi) is 6.38. The minimum atomic E-state index is -0.0307. The number of methoxy groups -OCH3 is 1. The molecule has 5 rings (SSSR count). The quantitative estimate of drug-likeness (QED) is 0.338. The third-order valence-electron chi connectivity index (χ3n) is 5.61. The molecule has 0 atom stereocenters. The summed E-state index contributed by atoms with van der Waals surface area (Å²) in [4.78, 5) is 9.45. The van der Waals surface area contributed by atoms with Crippen molar-refractivity contribution >= 4 is 35.7 Å². The van der Waals surface area contributed by atoms with Crippen molar-refractivity contribution in [2.24, 2.45) is 0 Å². The van der Waals surface area contributed by atoms with Gasteiger partial charge in [0.05, 0.1) is 18.4 Å². The van der Waals surface area contributed by atoms with Crippen molar-refractivity contribution in [2.75, 3.05) is 12.4 Å². The van der Waals surface area contributed by atoms with Gasteiger partial charge in [0.25, 0.3) is 0 Å². The SMILES string of the molecule is COc1cc(-c2ccc3c(c2Nc2nc(Sc4ccccc4C#N)nn2SF)CCC3)ccn1. The standard InChI is InChI=1S/C24H19FN6OS2/c1-32-21-13-16(11-12-27-21)19-10-9-15-6-4-7-18(15)22(19)28-23-29-24(30-31(23)34-25)33-20-8-3-2-5-17(20)14-26/h2-3,5,8-13H,4,6-7H2,1H3,(H,28,29,30). The van der Waals surface area contributed by atoms with Gasteiger partial charge in [-0.2, -0.15) is 10.2 Å². The van der Waals surface area contributed by atoms with Gasteiger partial charge >= 0.3 is 0 Å². The zero-order chi connectivity index (χ0) is 23.5. The van der Waals surface area contributed by atoms with Crippen LogP contribution in [-0.2, 0) is 12.8 Å². The van der Waals surface area contributed by atoms with Crippen LogP contribution in [-0.4, -0.2) is 26.3 Å². The maximum Gasteiger partial charge on any atom is 0.239 e. The molecule has 0 fully saturated rings. The summed E-state index contributed by atoms with van der Waals surface area (Å²) in [6.07, 6.45) is 4.68. The molecule has 10 heteroatoms. The van der Waals surface area contributed by atoms with Gasteiger partial charge in [0.2, 0.25) is 17.0 Å². The molecule has 7 nitrogen and oxygen atoms in total. The van der Waals surface area contributed by atoms with E-state index in [0.717, 1.165) is 40.2 Å². The summed E-state index contributed by atoms with van der Waals surface area (Å²) in [6.45, 7) is 0. The molecule has 0 bridgehead atoms. The largest absolute Gasteiger partial charge is 0.481 e. The van der Waals surface area contributed by atoms with E-state index in [-0.39, 0.29) is 18.3 Å². The van der Waals surface area contributed by atoms with Crippen molar-refractivity contribution < 1.29 is 8.62 Å². The molecule has 0 unspecified atom stereocenters. The Labute approximate surface area is 204 Å². The van der Waals surface area contributed by atoms with Crippen LogP contribution in [0.25, 0.3) is 11.1 Å². The number of benzene rings is 2. The van der Waals surface area contributed by atoms with Gasteiger partial charge in [0.15, 0.2) is 12.3 Å². The van der Waals surface area contributed by atoms with E-state index >= 15 is 0 Å². The van der Waals surface area contributed by atoms with Crippen LogP contribution in [0.5, 0.6) is 5.88 Å². The maximum atomic E-state index is 13.8. The van der Waals surface area contributed by atoms with Crippen LogP contribution < -0.4 is 10.1 Å². The topological polar surface area (TPSA) is 88.6 Å². The first-order valence-corrected chi connectivity index (χ1v) is 12.0. The number of nitriles is 1. The fraction of sp³-hybridized carbons (Fsp3) is 0.167. The molecule has 1 aliphatic carbocycles. The average Bonchev–Trinajstić information content (AvgIpc) is 3.51. The first-order chi connectivity index (χ1) is 16.7. The Morgan fingerprint density at radius 2 is 2.06 bits per heavy atom. The fourth-order valence-electron chi connectivity index (χ4n) is 4.04. The number of fused-ring (bicyclic) bond motifs is 1. The number of aromatic nitrogens is 4. The second-order valence-corrected chi connectivity index (χ2v) is 9.05. The molecular formula is C24H19FN6OS2. The highest BCUT2D eigenvalue weighted by atomic mass is 32.2. The number of nitrogens with zero attached hydrogens (tertiary/aromatic N) is 5. The van der Waals surface area contributed by atoms with E-state index in [1.54, 1.807) is 25.4 Å². The van der Waals surface area contributed by atoms with Gasteiger partial charge in [-0.25, -0.2) is 4.98 Å².